The van der Waals surface area contributed by atoms with E-state index in [1.807, 2.05) is 48.5 Å². The lowest BCUT2D eigenvalue weighted by atomic mass is 10.2. The summed E-state index contributed by atoms with van der Waals surface area (Å²) in [6.07, 6.45) is -0.539. The number of anilines is 2. The molecule has 0 aliphatic carbocycles. The van der Waals surface area contributed by atoms with Gasteiger partial charge in [0.15, 0.2) is 0 Å². The molecule has 0 unspecified atom stereocenters. The summed E-state index contributed by atoms with van der Waals surface area (Å²) >= 11 is 1.74. The molecule has 1 N–H and O–H groups in total. The number of aliphatic imine (C=N–C) groups is 1. The molecule has 204 valence electrons. The highest BCUT2D eigenvalue weighted by molar-refractivity contribution is 7.16. The Kier molecular flexibility index (Phi) is 7.85. The van der Waals surface area contributed by atoms with Crippen molar-refractivity contribution >= 4 is 45.6 Å². The first kappa shape index (κ1) is 26.7. The van der Waals surface area contributed by atoms with Crippen LogP contribution in [-0.2, 0) is 20.9 Å². The molecular weight excluding hydrogens is 514 g/mol. The van der Waals surface area contributed by atoms with Crippen LogP contribution in [0.15, 0.2) is 65.7 Å². The molecular formula is C29H34N5O4S+. The Morgan fingerprint density at radius 1 is 1.08 bits per heavy atom. The van der Waals surface area contributed by atoms with E-state index in [1.54, 1.807) is 18.4 Å². The quantitative estimate of drug-likeness (QED) is 0.355. The zero-order chi connectivity index (χ0) is 27.4. The minimum atomic E-state index is -0.539. The normalized spacial score (nSPS) is 15.7. The summed E-state index contributed by atoms with van der Waals surface area (Å²) in [5, 5.41) is 4.67. The first-order valence-corrected chi connectivity index (χ1v) is 13.8. The summed E-state index contributed by atoms with van der Waals surface area (Å²) in [5.74, 6) is 0.499. The highest BCUT2D eigenvalue weighted by Gasteiger charge is 2.34. The van der Waals surface area contributed by atoms with E-state index in [9.17, 15) is 9.59 Å². The summed E-state index contributed by atoms with van der Waals surface area (Å²) < 4.78 is 11.5. The average Bonchev–Trinajstić information content (AvgIpc) is 3.23. The molecule has 1 aromatic heterocycles. The predicted molar refractivity (Wildman–Crippen MR) is 153 cm³/mol. The zero-order valence-electron chi connectivity index (χ0n) is 22.6. The van der Waals surface area contributed by atoms with Gasteiger partial charge in [-0.25, -0.2) is 9.79 Å². The number of benzene rings is 2. The number of carbonyl (C=O) groups excluding carboxylic acids is 2. The Bertz CT molecular complexity index is 1370. The summed E-state index contributed by atoms with van der Waals surface area (Å²) in [6, 6.07) is 19.7. The van der Waals surface area contributed by atoms with Gasteiger partial charge in [-0.1, -0.05) is 42.5 Å². The van der Waals surface area contributed by atoms with Crippen LogP contribution in [0.5, 0.6) is 0 Å². The van der Waals surface area contributed by atoms with E-state index in [-0.39, 0.29) is 19.9 Å². The average molecular weight is 549 g/mol. The molecule has 39 heavy (non-hydrogen) atoms. The van der Waals surface area contributed by atoms with Gasteiger partial charge in [0, 0.05) is 11.9 Å². The van der Waals surface area contributed by atoms with E-state index < -0.39 is 12.1 Å². The van der Waals surface area contributed by atoms with Gasteiger partial charge in [-0.05, 0) is 30.7 Å². The van der Waals surface area contributed by atoms with E-state index in [2.05, 4.69) is 36.3 Å². The second-order valence-electron chi connectivity index (χ2n) is 10.3. The van der Waals surface area contributed by atoms with Crippen molar-refractivity contribution in [3.8, 4) is 0 Å². The number of para-hydroxylation sites is 2. The van der Waals surface area contributed by atoms with Gasteiger partial charge in [0.05, 0.1) is 50.2 Å². The number of hydrogen-bond donors (Lipinski definition) is 1. The molecule has 0 bridgehead atoms. The van der Waals surface area contributed by atoms with Crippen molar-refractivity contribution in [1.29, 1.82) is 0 Å². The van der Waals surface area contributed by atoms with Gasteiger partial charge < -0.3 is 24.6 Å². The number of quaternary nitrogens is 1. The fourth-order valence-electron chi connectivity index (χ4n) is 4.64. The number of hydrogen-bond acceptors (Lipinski definition) is 8. The largest absolute Gasteiger partial charge is 0.459 e. The number of ether oxygens (including phenoxy) is 2. The predicted octanol–water partition coefficient (Wildman–Crippen LogP) is 4.72. The third-order valence-corrected chi connectivity index (χ3v) is 7.98. The number of esters is 1. The first-order chi connectivity index (χ1) is 18.8. The summed E-state index contributed by atoms with van der Waals surface area (Å²) in [6.45, 7) is 5.51. The van der Waals surface area contributed by atoms with Crippen LogP contribution in [0.2, 0.25) is 0 Å². The van der Waals surface area contributed by atoms with E-state index >= 15 is 0 Å². The lowest BCUT2D eigenvalue weighted by Crippen LogP contribution is -2.59. The molecule has 10 heteroatoms. The van der Waals surface area contributed by atoms with E-state index in [0.717, 1.165) is 59.5 Å². The van der Waals surface area contributed by atoms with Crippen LogP contribution in [0.4, 0.5) is 21.2 Å². The standard InChI is InChI=1S/C29H34N5O4S/c1-21-17-23-27(30-24-11-7-8-12-25(24)31-28(23)39-21)33-13-15-34(3,16-14-33)20-38-29(36)32(2)18-26(35)37-19-22-9-5-4-6-10-22/h4-12,17,31H,13-16,18-20H2,1-3H3/q+1. The monoisotopic (exact) mass is 548 g/mol. The highest BCUT2D eigenvalue weighted by atomic mass is 32.1. The molecule has 1 fully saturated rings. The number of fused-ring (bicyclic) bond motifs is 2. The lowest BCUT2D eigenvalue weighted by Gasteiger charge is -2.42. The van der Waals surface area contributed by atoms with Crippen molar-refractivity contribution in [3.63, 3.8) is 0 Å². The molecule has 2 aliphatic rings. The van der Waals surface area contributed by atoms with Crippen LogP contribution in [0.1, 0.15) is 16.0 Å². The Morgan fingerprint density at radius 3 is 2.56 bits per heavy atom. The zero-order valence-corrected chi connectivity index (χ0v) is 23.4. The maximum absolute atomic E-state index is 12.6. The first-order valence-electron chi connectivity index (χ1n) is 13.0. The second kappa shape index (κ2) is 11.5. The number of likely N-dealkylation sites (N-methyl/N-ethyl adjacent to an activating group) is 2. The fourth-order valence-corrected chi connectivity index (χ4v) is 5.56. The van der Waals surface area contributed by atoms with Gasteiger partial charge in [-0.3, -0.25) is 9.28 Å². The second-order valence-corrected chi connectivity index (χ2v) is 11.5. The van der Waals surface area contributed by atoms with Crippen LogP contribution < -0.4 is 5.32 Å². The Balaban J connectivity index is 1.14. The summed E-state index contributed by atoms with van der Waals surface area (Å²) in [5.41, 5.74) is 3.95. The SMILES string of the molecule is Cc1cc2c(s1)Nc1ccccc1N=C2N1CC[N+](C)(COC(=O)N(C)CC(=O)OCc2ccccc2)CC1. The fraction of sp³-hybridized carbons (Fsp3) is 0.345. The van der Waals surface area contributed by atoms with Gasteiger partial charge in [-0.2, -0.15) is 0 Å². The van der Waals surface area contributed by atoms with Crippen LogP contribution >= 0.6 is 11.3 Å². The molecule has 9 nitrogen and oxygen atoms in total. The van der Waals surface area contributed by atoms with Crippen molar-refractivity contribution in [1.82, 2.24) is 9.80 Å². The molecule has 0 saturated carbocycles. The highest BCUT2D eigenvalue weighted by Crippen LogP contribution is 2.39. The number of thiophene rings is 1. The Hall–Kier alpha value is -3.89. The number of amidine groups is 1. The minimum Gasteiger partial charge on any atom is -0.459 e. The molecule has 3 heterocycles. The van der Waals surface area contributed by atoms with Crippen LogP contribution in [-0.4, -0.2) is 85.7 Å². The van der Waals surface area contributed by atoms with Gasteiger partial charge in [0.1, 0.15) is 24.0 Å². The third kappa shape index (κ3) is 6.40. The number of aryl methyl sites for hydroxylation is 1. The maximum Gasteiger partial charge on any atom is 0.414 e. The van der Waals surface area contributed by atoms with Crippen molar-refractivity contribution in [2.24, 2.45) is 4.99 Å². The molecule has 2 aromatic carbocycles. The van der Waals surface area contributed by atoms with Gasteiger partial charge in [-0.15, -0.1) is 11.3 Å². The van der Waals surface area contributed by atoms with Crippen molar-refractivity contribution < 1.29 is 23.5 Å². The number of piperazine rings is 1. The number of nitrogens with one attached hydrogen (secondary N) is 1. The van der Waals surface area contributed by atoms with Gasteiger partial charge >= 0.3 is 12.1 Å². The molecule has 0 radical (unpaired) electrons. The molecule has 1 amide bonds. The maximum atomic E-state index is 12.6. The van der Waals surface area contributed by atoms with Crippen molar-refractivity contribution in [2.45, 2.75) is 13.5 Å². The molecule has 1 saturated heterocycles. The Morgan fingerprint density at radius 2 is 1.79 bits per heavy atom. The minimum absolute atomic E-state index is 0.166. The number of carbonyl (C=O) groups is 2. The number of nitrogens with zero attached hydrogens (tertiary/aromatic N) is 4. The van der Waals surface area contributed by atoms with E-state index in [1.165, 1.54) is 9.78 Å². The van der Waals surface area contributed by atoms with Crippen LogP contribution in [0.25, 0.3) is 0 Å². The smallest absolute Gasteiger partial charge is 0.414 e. The van der Waals surface area contributed by atoms with Crippen LogP contribution in [0.3, 0.4) is 0 Å². The molecule has 3 aromatic rings. The van der Waals surface area contributed by atoms with Crippen LogP contribution in [0, 0.1) is 6.92 Å². The lowest BCUT2D eigenvalue weighted by molar-refractivity contribution is -0.929. The third-order valence-electron chi connectivity index (χ3n) is 7.01. The van der Waals surface area contributed by atoms with Gasteiger partial charge in [0.25, 0.3) is 0 Å². The van der Waals surface area contributed by atoms with E-state index in [0.29, 0.717) is 4.48 Å². The van der Waals surface area contributed by atoms with Crippen molar-refractivity contribution in [2.75, 3.05) is 58.9 Å². The summed E-state index contributed by atoms with van der Waals surface area (Å²) in [4.78, 5) is 34.7. The van der Waals surface area contributed by atoms with Gasteiger partial charge in [0.2, 0.25) is 6.73 Å². The number of amides is 1. The Labute approximate surface area is 232 Å². The molecule has 2 aliphatic heterocycles. The summed E-state index contributed by atoms with van der Waals surface area (Å²) in [7, 11) is 3.63. The van der Waals surface area contributed by atoms with E-state index in [4.69, 9.17) is 14.5 Å². The van der Waals surface area contributed by atoms with Crippen molar-refractivity contribution in [3.05, 3.63) is 76.7 Å². The number of rotatable bonds is 6. The molecule has 0 spiro atoms. The molecule has 0 atom stereocenters. The molecule has 5 rings (SSSR count). The topological polar surface area (TPSA) is 83.5 Å².